The third kappa shape index (κ3) is 4.92. The van der Waals surface area contributed by atoms with Gasteiger partial charge in [0.15, 0.2) is 16.3 Å². The van der Waals surface area contributed by atoms with E-state index in [2.05, 4.69) is 4.99 Å². The Labute approximate surface area is 243 Å². The minimum Gasteiger partial charge on any atom is -0.463 e. The topological polar surface area (TPSA) is 119 Å². The SMILES string of the molecule is CCOC(=O)C1=C(C)N=c2s/c(=C/c3ccc(-c4ccc(C(=O)OCC)cc4)o3)c(=O)n2C1c1ccc2c(c1)OCO2. The third-order valence-corrected chi connectivity index (χ3v) is 7.79. The van der Waals surface area contributed by atoms with Gasteiger partial charge in [-0.05, 0) is 62.7 Å². The van der Waals surface area contributed by atoms with Crippen molar-refractivity contribution in [2.24, 2.45) is 4.99 Å². The van der Waals surface area contributed by atoms with Crippen molar-refractivity contribution in [2.75, 3.05) is 20.0 Å². The van der Waals surface area contributed by atoms with Crippen LogP contribution in [0.3, 0.4) is 0 Å². The molecule has 0 fully saturated rings. The van der Waals surface area contributed by atoms with Gasteiger partial charge in [0.25, 0.3) is 5.56 Å². The Morgan fingerprint density at radius 2 is 1.74 bits per heavy atom. The molecule has 0 radical (unpaired) electrons. The summed E-state index contributed by atoms with van der Waals surface area (Å²) in [5.74, 6) is 1.23. The van der Waals surface area contributed by atoms with Crippen LogP contribution >= 0.6 is 11.3 Å². The molecule has 214 valence electrons. The summed E-state index contributed by atoms with van der Waals surface area (Å²) < 4.78 is 29.3. The fourth-order valence-corrected chi connectivity index (χ4v) is 5.92. The predicted molar refractivity (Wildman–Crippen MR) is 153 cm³/mol. The molecule has 42 heavy (non-hydrogen) atoms. The number of allylic oxidation sites excluding steroid dienone is 1. The van der Waals surface area contributed by atoms with Crippen molar-refractivity contribution in [2.45, 2.75) is 26.8 Å². The van der Waals surface area contributed by atoms with Crippen molar-refractivity contribution in [3.05, 3.63) is 102 Å². The lowest BCUT2D eigenvalue weighted by molar-refractivity contribution is -0.139. The molecule has 11 heteroatoms. The van der Waals surface area contributed by atoms with Gasteiger partial charge in [0.1, 0.15) is 11.5 Å². The molecule has 0 bridgehead atoms. The second kappa shape index (κ2) is 11.2. The van der Waals surface area contributed by atoms with E-state index in [4.69, 9.17) is 23.4 Å². The molecule has 0 spiro atoms. The molecule has 2 aromatic carbocycles. The first-order chi connectivity index (χ1) is 20.4. The highest BCUT2D eigenvalue weighted by Crippen LogP contribution is 2.38. The number of ether oxygens (including phenoxy) is 4. The number of hydrogen-bond acceptors (Lipinski definition) is 10. The lowest BCUT2D eigenvalue weighted by atomic mass is 9.95. The number of nitrogens with zero attached hydrogens (tertiary/aromatic N) is 2. The van der Waals surface area contributed by atoms with E-state index in [-0.39, 0.29) is 30.5 Å². The summed E-state index contributed by atoms with van der Waals surface area (Å²) in [6.45, 7) is 5.79. The number of carbonyl (C=O) groups excluding carboxylic acids is 2. The van der Waals surface area contributed by atoms with Gasteiger partial charge in [-0.15, -0.1) is 0 Å². The molecule has 1 unspecified atom stereocenters. The van der Waals surface area contributed by atoms with Crippen LogP contribution in [0.25, 0.3) is 17.4 Å². The second-order valence-corrected chi connectivity index (χ2v) is 10.4. The maximum atomic E-state index is 13.9. The summed E-state index contributed by atoms with van der Waals surface area (Å²) in [7, 11) is 0. The van der Waals surface area contributed by atoms with E-state index in [1.54, 1.807) is 81.4 Å². The van der Waals surface area contributed by atoms with Crippen LogP contribution < -0.4 is 24.4 Å². The minimum atomic E-state index is -0.776. The summed E-state index contributed by atoms with van der Waals surface area (Å²) in [6, 6.07) is 15.0. The lowest BCUT2D eigenvalue weighted by Crippen LogP contribution is -2.39. The van der Waals surface area contributed by atoms with Crippen molar-refractivity contribution < 1.29 is 33.0 Å². The molecule has 0 saturated carbocycles. The van der Waals surface area contributed by atoms with Gasteiger partial charge in [0, 0.05) is 11.6 Å². The first-order valence-corrected chi connectivity index (χ1v) is 14.2. The molecule has 2 aliphatic heterocycles. The Bertz CT molecular complexity index is 1910. The number of carbonyl (C=O) groups is 2. The number of benzene rings is 2. The number of esters is 2. The van der Waals surface area contributed by atoms with Crippen LogP contribution in [0, 0.1) is 0 Å². The van der Waals surface area contributed by atoms with Crippen molar-refractivity contribution in [1.29, 1.82) is 0 Å². The Kier molecular flexibility index (Phi) is 7.26. The minimum absolute atomic E-state index is 0.0990. The number of rotatable bonds is 7. The number of hydrogen-bond donors (Lipinski definition) is 0. The van der Waals surface area contributed by atoms with E-state index in [0.29, 0.717) is 55.8 Å². The van der Waals surface area contributed by atoms with Gasteiger partial charge in [0.2, 0.25) is 6.79 Å². The summed E-state index contributed by atoms with van der Waals surface area (Å²) in [6.07, 6.45) is 1.65. The van der Waals surface area contributed by atoms with Gasteiger partial charge in [-0.1, -0.05) is 29.5 Å². The van der Waals surface area contributed by atoms with Crippen molar-refractivity contribution >= 4 is 29.4 Å². The van der Waals surface area contributed by atoms with Crippen LogP contribution in [0.5, 0.6) is 11.5 Å². The van der Waals surface area contributed by atoms with Crippen molar-refractivity contribution in [3.63, 3.8) is 0 Å². The first kappa shape index (κ1) is 27.3. The molecule has 0 N–H and O–H groups in total. The lowest BCUT2D eigenvalue weighted by Gasteiger charge is -2.24. The summed E-state index contributed by atoms with van der Waals surface area (Å²) in [4.78, 5) is 44.0. The highest BCUT2D eigenvalue weighted by molar-refractivity contribution is 7.07. The van der Waals surface area contributed by atoms with Gasteiger partial charge in [-0.25, -0.2) is 14.6 Å². The van der Waals surface area contributed by atoms with Crippen LogP contribution in [0.1, 0.15) is 48.5 Å². The van der Waals surface area contributed by atoms with Crippen molar-refractivity contribution in [1.82, 2.24) is 4.57 Å². The smallest absolute Gasteiger partial charge is 0.338 e. The van der Waals surface area contributed by atoms with Crippen LogP contribution in [-0.4, -0.2) is 36.5 Å². The van der Waals surface area contributed by atoms with E-state index in [1.807, 2.05) is 0 Å². The highest BCUT2D eigenvalue weighted by Gasteiger charge is 2.34. The number of thiazole rings is 1. The van der Waals surface area contributed by atoms with Gasteiger partial charge < -0.3 is 23.4 Å². The Morgan fingerprint density at radius 3 is 2.50 bits per heavy atom. The quantitative estimate of drug-likeness (QED) is 0.299. The first-order valence-electron chi connectivity index (χ1n) is 13.3. The van der Waals surface area contributed by atoms with Gasteiger partial charge in [-0.3, -0.25) is 9.36 Å². The summed E-state index contributed by atoms with van der Waals surface area (Å²) >= 11 is 1.20. The maximum Gasteiger partial charge on any atom is 0.338 e. The zero-order valence-corrected chi connectivity index (χ0v) is 23.9. The highest BCUT2D eigenvalue weighted by atomic mass is 32.1. The average molecular weight is 587 g/mol. The Morgan fingerprint density at radius 1 is 1.00 bits per heavy atom. The van der Waals surface area contributed by atoms with E-state index in [0.717, 1.165) is 5.56 Å². The molecule has 1 atom stereocenters. The fraction of sp³-hybridized carbons (Fsp3) is 0.226. The number of fused-ring (bicyclic) bond motifs is 2. The molecule has 10 nitrogen and oxygen atoms in total. The zero-order chi connectivity index (χ0) is 29.4. The van der Waals surface area contributed by atoms with E-state index in [1.165, 1.54) is 15.9 Å². The van der Waals surface area contributed by atoms with E-state index in [9.17, 15) is 14.4 Å². The molecule has 0 aliphatic carbocycles. The maximum absolute atomic E-state index is 13.9. The van der Waals surface area contributed by atoms with Crippen molar-refractivity contribution in [3.8, 4) is 22.8 Å². The van der Waals surface area contributed by atoms with Crippen LogP contribution in [0.2, 0.25) is 0 Å². The molecule has 4 aromatic rings. The standard InChI is InChI=1S/C31H26N2O8S/c1-4-37-29(35)19-8-6-18(7-9-19)22-13-11-21(41-22)15-25-28(34)33-27(20-10-12-23-24(14-20)40-16-39-23)26(30(36)38-5-2)17(3)32-31(33)42-25/h6-15,27H,4-5,16H2,1-3H3/b25-15+. The van der Waals surface area contributed by atoms with Crippen LogP contribution in [0.15, 0.2) is 80.1 Å². The monoisotopic (exact) mass is 586 g/mol. The Balaban J connectivity index is 1.40. The summed E-state index contributed by atoms with van der Waals surface area (Å²) in [5.41, 5.74) is 2.30. The van der Waals surface area contributed by atoms with Gasteiger partial charge >= 0.3 is 11.9 Å². The molecular formula is C31H26N2O8S. The Hall–Kier alpha value is -4.90. The third-order valence-electron chi connectivity index (χ3n) is 6.81. The van der Waals surface area contributed by atoms with E-state index >= 15 is 0 Å². The van der Waals surface area contributed by atoms with Gasteiger partial charge in [0.05, 0.1) is 40.6 Å². The molecule has 4 heterocycles. The molecule has 6 rings (SSSR count). The zero-order valence-electron chi connectivity index (χ0n) is 23.0. The molecule has 0 amide bonds. The summed E-state index contributed by atoms with van der Waals surface area (Å²) in [5, 5.41) is 0. The molecule has 2 aliphatic rings. The molecular weight excluding hydrogens is 560 g/mol. The molecule has 2 aromatic heterocycles. The average Bonchev–Trinajstić information content (AvgIpc) is 3.72. The number of aromatic nitrogens is 1. The van der Waals surface area contributed by atoms with E-state index < -0.39 is 12.0 Å². The van der Waals surface area contributed by atoms with Crippen LogP contribution in [-0.2, 0) is 14.3 Å². The normalized spacial score (nSPS) is 15.8. The van der Waals surface area contributed by atoms with Gasteiger partial charge in [-0.2, -0.15) is 0 Å². The predicted octanol–water partition coefficient (Wildman–Crippen LogP) is 3.96. The number of furan rings is 1. The molecule has 0 saturated heterocycles. The largest absolute Gasteiger partial charge is 0.463 e. The second-order valence-electron chi connectivity index (χ2n) is 9.41. The van der Waals surface area contributed by atoms with Crippen LogP contribution in [0.4, 0.5) is 0 Å². The fourth-order valence-electron chi connectivity index (χ4n) is 4.89.